The average Bonchev–Trinajstić information content (AvgIpc) is 3.50. The Kier molecular flexibility index (Phi) is 6.98. The molecule has 174 valence electrons. The number of nitrogens with zero attached hydrogens (tertiary/aromatic N) is 4. The van der Waals surface area contributed by atoms with E-state index >= 15 is 0 Å². The smallest absolute Gasteiger partial charge is 0.290 e. The third-order valence-corrected chi connectivity index (χ3v) is 7.41. The Bertz CT molecular complexity index is 1210. The molecule has 2 aliphatic rings. The highest BCUT2D eigenvalue weighted by molar-refractivity contribution is 8.18. The Labute approximate surface area is 205 Å². The number of imide groups is 1. The number of hydrogen-bond acceptors (Lipinski definition) is 9. The quantitative estimate of drug-likeness (QED) is 0.479. The van der Waals surface area contributed by atoms with Gasteiger partial charge < -0.3 is 10.2 Å². The zero-order valence-corrected chi connectivity index (χ0v) is 20.1. The van der Waals surface area contributed by atoms with Crippen LogP contribution in [0.5, 0.6) is 0 Å². The van der Waals surface area contributed by atoms with Crippen LogP contribution in [-0.4, -0.2) is 45.7 Å². The molecule has 8 nitrogen and oxygen atoms in total. The molecule has 0 spiro atoms. The van der Waals surface area contributed by atoms with Crippen LogP contribution in [-0.2, 0) is 11.3 Å². The normalized spacial score (nSPS) is 18.0. The zero-order valence-electron chi connectivity index (χ0n) is 18.4. The maximum atomic E-state index is 11.8. The summed E-state index contributed by atoms with van der Waals surface area (Å²) in [5, 5.41) is 9.75. The van der Waals surface area contributed by atoms with Crippen molar-refractivity contribution in [3.05, 3.63) is 63.6 Å². The number of hydrogen-bond donors (Lipinski definition) is 2. The van der Waals surface area contributed by atoms with E-state index in [0.717, 1.165) is 56.5 Å². The van der Waals surface area contributed by atoms with Crippen LogP contribution in [0, 0.1) is 5.92 Å². The largest absolute Gasteiger partial charge is 0.341 e. The van der Waals surface area contributed by atoms with Crippen LogP contribution in [0.4, 0.5) is 10.7 Å². The lowest BCUT2D eigenvalue weighted by atomic mass is 9.97. The number of anilines is 1. The van der Waals surface area contributed by atoms with Crippen LogP contribution < -0.4 is 15.5 Å². The average molecular weight is 493 g/mol. The Morgan fingerprint density at radius 1 is 1.15 bits per heavy atom. The number of carbonyl (C=O) groups is 2. The van der Waals surface area contributed by atoms with Gasteiger partial charge in [-0.1, -0.05) is 6.07 Å². The number of carbonyl (C=O) groups excluding carboxylic acids is 2. The second-order valence-electron chi connectivity index (χ2n) is 8.22. The first-order chi connectivity index (χ1) is 16.7. The third-order valence-electron chi connectivity index (χ3n) is 5.92. The van der Waals surface area contributed by atoms with Crippen LogP contribution in [0.25, 0.3) is 17.3 Å². The van der Waals surface area contributed by atoms with Gasteiger partial charge in [-0.2, -0.15) is 11.3 Å². The molecule has 34 heavy (non-hydrogen) atoms. The fourth-order valence-corrected chi connectivity index (χ4v) is 5.45. The van der Waals surface area contributed by atoms with Gasteiger partial charge in [0, 0.05) is 43.0 Å². The molecule has 3 aromatic rings. The molecule has 2 aliphatic heterocycles. The fraction of sp³-hybridized carbons (Fsp3) is 0.292. The Hall–Kier alpha value is -3.08. The van der Waals surface area contributed by atoms with Crippen LogP contribution in [0.3, 0.4) is 0 Å². The van der Waals surface area contributed by atoms with Gasteiger partial charge >= 0.3 is 0 Å². The first-order valence-electron chi connectivity index (χ1n) is 11.2. The van der Waals surface area contributed by atoms with Gasteiger partial charge in [-0.15, -0.1) is 0 Å². The lowest BCUT2D eigenvalue weighted by molar-refractivity contribution is -0.115. The number of thiophene rings is 1. The van der Waals surface area contributed by atoms with Gasteiger partial charge in [-0.25, -0.2) is 9.97 Å². The van der Waals surface area contributed by atoms with E-state index in [-0.39, 0.29) is 11.1 Å². The highest BCUT2D eigenvalue weighted by Gasteiger charge is 2.25. The van der Waals surface area contributed by atoms with E-state index in [1.807, 2.05) is 12.3 Å². The topological polar surface area (TPSA) is 100 Å². The molecule has 0 bridgehead atoms. The summed E-state index contributed by atoms with van der Waals surface area (Å²) >= 11 is 2.58. The molecule has 2 saturated heterocycles. The molecule has 2 N–H and O–H groups in total. The van der Waals surface area contributed by atoms with E-state index in [4.69, 9.17) is 0 Å². The number of pyridine rings is 1. The number of amides is 2. The summed E-state index contributed by atoms with van der Waals surface area (Å²) in [6, 6.07) is 7.98. The molecule has 0 saturated carbocycles. The van der Waals surface area contributed by atoms with Gasteiger partial charge in [0.15, 0.2) is 0 Å². The summed E-state index contributed by atoms with van der Waals surface area (Å²) in [6.07, 6.45) is 7.29. The molecular formula is C24H24N6O2S2. The summed E-state index contributed by atoms with van der Waals surface area (Å²) < 4.78 is 0. The number of nitrogens with one attached hydrogen (secondary N) is 2. The number of rotatable bonds is 7. The Balaban J connectivity index is 1.13. The van der Waals surface area contributed by atoms with Crippen molar-refractivity contribution in [1.82, 2.24) is 25.6 Å². The second kappa shape index (κ2) is 10.5. The van der Waals surface area contributed by atoms with Crippen LogP contribution in [0.2, 0.25) is 0 Å². The van der Waals surface area contributed by atoms with E-state index in [0.29, 0.717) is 22.5 Å². The lowest BCUT2D eigenvalue weighted by Crippen LogP contribution is -2.38. The van der Waals surface area contributed by atoms with Gasteiger partial charge in [0.25, 0.3) is 11.1 Å². The van der Waals surface area contributed by atoms with Crippen molar-refractivity contribution in [3.63, 3.8) is 0 Å². The van der Waals surface area contributed by atoms with Gasteiger partial charge in [-0.05, 0) is 72.3 Å². The molecular weight excluding hydrogens is 468 g/mol. The summed E-state index contributed by atoms with van der Waals surface area (Å²) in [6.45, 7) is 3.52. The van der Waals surface area contributed by atoms with Crippen molar-refractivity contribution in [2.75, 3.05) is 24.5 Å². The molecule has 5 heterocycles. The summed E-state index contributed by atoms with van der Waals surface area (Å²) in [7, 11) is 0. The summed E-state index contributed by atoms with van der Waals surface area (Å²) in [5.41, 5.74) is 4.07. The molecule has 0 atom stereocenters. The standard InChI is InChI=1S/C24H24N6O2S2/c31-22-20(34-24(32)29-22)12-19-3-8-27-23(28-19)30-9-4-16(5-10-30)13-25-14-17-2-1-7-26-21(17)18-6-11-33-15-18/h1-3,6-8,11-12,15-16,25H,4-5,9-10,13-14H2,(H,29,31,32)/b20-12-. The van der Waals surface area contributed by atoms with Crippen molar-refractivity contribution < 1.29 is 9.59 Å². The highest BCUT2D eigenvalue weighted by Crippen LogP contribution is 2.26. The van der Waals surface area contributed by atoms with E-state index in [1.165, 1.54) is 11.1 Å². The minimum atomic E-state index is -0.378. The molecule has 2 amide bonds. The minimum Gasteiger partial charge on any atom is -0.341 e. The first kappa shape index (κ1) is 22.7. The van der Waals surface area contributed by atoms with Crippen molar-refractivity contribution in [3.8, 4) is 11.3 Å². The molecule has 0 aromatic carbocycles. The Morgan fingerprint density at radius 3 is 2.79 bits per heavy atom. The predicted molar refractivity (Wildman–Crippen MR) is 135 cm³/mol. The van der Waals surface area contributed by atoms with Crippen molar-refractivity contribution in [2.45, 2.75) is 19.4 Å². The van der Waals surface area contributed by atoms with Crippen LogP contribution in [0.1, 0.15) is 24.1 Å². The van der Waals surface area contributed by atoms with Crippen molar-refractivity contribution >= 4 is 46.3 Å². The first-order valence-corrected chi connectivity index (χ1v) is 12.9. The van der Waals surface area contributed by atoms with Gasteiger partial charge in [0.05, 0.1) is 16.3 Å². The molecule has 0 unspecified atom stereocenters. The van der Waals surface area contributed by atoms with Gasteiger partial charge in [-0.3, -0.25) is 19.9 Å². The summed E-state index contributed by atoms with van der Waals surface area (Å²) in [4.78, 5) is 39.3. The monoisotopic (exact) mass is 492 g/mol. The van der Waals surface area contributed by atoms with Crippen molar-refractivity contribution in [2.24, 2.45) is 5.92 Å². The molecule has 10 heteroatoms. The van der Waals surface area contributed by atoms with Gasteiger partial charge in [0.1, 0.15) is 0 Å². The molecule has 0 radical (unpaired) electrons. The van der Waals surface area contributed by atoms with E-state index in [2.05, 4.69) is 53.4 Å². The lowest BCUT2D eigenvalue weighted by Gasteiger charge is -2.32. The molecule has 3 aromatic heterocycles. The molecule has 0 aliphatic carbocycles. The maximum Gasteiger partial charge on any atom is 0.290 e. The number of aromatic nitrogens is 3. The maximum absolute atomic E-state index is 11.8. The molecule has 5 rings (SSSR count). The highest BCUT2D eigenvalue weighted by atomic mass is 32.2. The van der Waals surface area contributed by atoms with E-state index < -0.39 is 0 Å². The van der Waals surface area contributed by atoms with Crippen LogP contribution in [0.15, 0.2) is 52.3 Å². The van der Waals surface area contributed by atoms with Crippen molar-refractivity contribution in [1.29, 1.82) is 0 Å². The van der Waals surface area contributed by atoms with Crippen LogP contribution >= 0.6 is 23.1 Å². The Morgan fingerprint density at radius 2 is 2.03 bits per heavy atom. The van der Waals surface area contributed by atoms with E-state index in [1.54, 1.807) is 29.7 Å². The number of piperidine rings is 1. The summed E-state index contributed by atoms with van der Waals surface area (Å²) in [5.74, 6) is 0.871. The minimum absolute atomic E-state index is 0.354. The second-order valence-corrected chi connectivity index (χ2v) is 10.0. The third kappa shape index (κ3) is 5.35. The number of thioether (sulfide) groups is 1. The zero-order chi connectivity index (χ0) is 23.3. The molecule has 2 fully saturated rings. The van der Waals surface area contributed by atoms with E-state index in [9.17, 15) is 9.59 Å². The fourth-order valence-electron chi connectivity index (χ4n) is 4.14. The predicted octanol–water partition coefficient (Wildman–Crippen LogP) is 3.93. The van der Waals surface area contributed by atoms with Gasteiger partial charge in [0.2, 0.25) is 5.95 Å². The SMILES string of the molecule is O=C1NC(=O)/C(=C/c2ccnc(N3CCC(CNCc4cccnc4-c4ccsc4)CC3)n2)S1.